The molecule has 0 heterocycles. The number of rotatable bonds is 3. The highest BCUT2D eigenvalue weighted by atomic mass is 35.5. The highest BCUT2D eigenvalue weighted by molar-refractivity contribution is 6.37. The lowest BCUT2D eigenvalue weighted by Gasteiger charge is -2.09. The summed E-state index contributed by atoms with van der Waals surface area (Å²) in [5.74, 6) is -0.567. The zero-order valence-electron chi connectivity index (χ0n) is 9.55. The Hall–Kier alpha value is -1.16. The van der Waals surface area contributed by atoms with Crippen LogP contribution in [0.25, 0.3) is 0 Å². The molecule has 2 aromatic carbocycles. The molecule has 2 aromatic rings. The maximum absolute atomic E-state index is 13.6. The third-order valence-electron chi connectivity index (χ3n) is 2.51. The van der Waals surface area contributed by atoms with Crippen LogP contribution in [0.1, 0.15) is 5.56 Å². The summed E-state index contributed by atoms with van der Waals surface area (Å²) < 4.78 is 13.6. The predicted octanol–water partition coefficient (Wildman–Crippen LogP) is 5.10. The Labute approximate surface area is 124 Å². The summed E-state index contributed by atoms with van der Waals surface area (Å²) in [6.45, 7) is 0.250. The summed E-state index contributed by atoms with van der Waals surface area (Å²) in [5.41, 5.74) is 1.05. The van der Waals surface area contributed by atoms with Gasteiger partial charge in [0.2, 0.25) is 0 Å². The Morgan fingerprint density at radius 3 is 2.26 bits per heavy atom. The van der Waals surface area contributed by atoms with Gasteiger partial charge in [-0.25, -0.2) is 4.39 Å². The molecular weight excluding hydrogens is 312 g/mol. The second kappa shape index (κ2) is 5.87. The van der Waals surface area contributed by atoms with Gasteiger partial charge in [-0.3, -0.25) is 0 Å². The van der Waals surface area contributed by atoms with Crippen molar-refractivity contribution in [2.45, 2.75) is 6.54 Å². The number of anilines is 1. The van der Waals surface area contributed by atoms with E-state index < -0.39 is 5.82 Å². The predicted molar refractivity (Wildman–Crippen MR) is 76.9 cm³/mol. The minimum Gasteiger partial charge on any atom is -0.505 e. The molecule has 6 heteroatoms. The molecule has 0 fully saturated rings. The molecule has 100 valence electrons. The van der Waals surface area contributed by atoms with Gasteiger partial charge in [0.1, 0.15) is 5.82 Å². The van der Waals surface area contributed by atoms with E-state index in [2.05, 4.69) is 5.32 Å². The quantitative estimate of drug-likeness (QED) is 0.771. The minimum atomic E-state index is -0.393. The van der Waals surface area contributed by atoms with Gasteiger partial charge in [0.05, 0.1) is 10.0 Å². The summed E-state index contributed by atoms with van der Waals surface area (Å²) in [6, 6.07) is 7.47. The van der Waals surface area contributed by atoms with E-state index >= 15 is 0 Å². The topological polar surface area (TPSA) is 32.3 Å². The Morgan fingerprint density at radius 2 is 1.68 bits per heavy atom. The van der Waals surface area contributed by atoms with Gasteiger partial charge >= 0.3 is 0 Å². The lowest BCUT2D eigenvalue weighted by Crippen LogP contribution is -2.01. The van der Waals surface area contributed by atoms with Crippen LogP contribution in [0.15, 0.2) is 30.3 Å². The molecule has 0 aliphatic rings. The van der Waals surface area contributed by atoms with Crippen molar-refractivity contribution in [1.82, 2.24) is 0 Å². The van der Waals surface area contributed by atoms with E-state index in [0.29, 0.717) is 16.3 Å². The molecule has 0 spiro atoms. The van der Waals surface area contributed by atoms with Gasteiger partial charge in [-0.05, 0) is 24.3 Å². The van der Waals surface area contributed by atoms with Crippen LogP contribution in [0.4, 0.5) is 10.1 Å². The Bertz CT molecular complexity index is 596. The maximum Gasteiger partial charge on any atom is 0.152 e. The van der Waals surface area contributed by atoms with E-state index in [1.165, 1.54) is 18.2 Å². The molecule has 19 heavy (non-hydrogen) atoms. The second-order valence-corrected chi connectivity index (χ2v) is 5.13. The molecule has 0 atom stereocenters. The van der Waals surface area contributed by atoms with Crippen molar-refractivity contribution in [3.8, 4) is 5.75 Å². The van der Waals surface area contributed by atoms with Gasteiger partial charge in [0.15, 0.2) is 5.75 Å². The number of halogens is 4. The first-order valence-corrected chi connectivity index (χ1v) is 6.46. The zero-order chi connectivity index (χ0) is 14.0. The molecule has 0 unspecified atom stereocenters. The zero-order valence-corrected chi connectivity index (χ0v) is 11.8. The fourth-order valence-corrected chi connectivity index (χ4v) is 2.18. The molecule has 0 aromatic heterocycles. The molecule has 2 N–H and O–H groups in total. The molecule has 2 rings (SSSR count). The van der Waals surface area contributed by atoms with Crippen molar-refractivity contribution in [2.75, 3.05) is 5.32 Å². The third-order valence-corrected chi connectivity index (χ3v) is 3.33. The molecule has 0 aliphatic carbocycles. The molecule has 0 saturated heterocycles. The first kappa shape index (κ1) is 14.3. The van der Waals surface area contributed by atoms with Gasteiger partial charge in [-0.2, -0.15) is 0 Å². The minimum absolute atomic E-state index is 0.131. The van der Waals surface area contributed by atoms with Crippen LogP contribution in [0.2, 0.25) is 15.1 Å². The molecule has 0 radical (unpaired) electrons. The fourth-order valence-electron chi connectivity index (χ4n) is 1.53. The summed E-state index contributed by atoms with van der Waals surface area (Å²) >= 11 is 17.2. The van der Waals surface area contributed by atoms with Gasteiger partial charge in [-0.1, -0.05) is 40.9 Å². The van der Waals surface area contributed by atoms with Crippen molar-refractivity contribution in [1.29, 1.82) is 0 Å². The van der Waals surface area contributed by atoms with E-state index in [-0.39, 0.29) is 22.3 Å². The van der Waals surface area contributed by atoms with Crippen LogP contribution in [0.3, 0.4) is 0 Å². The number of aromatic hydroxyl groups is 1. The lowest BCUT2D eigenvalue weighted by molar-refractivity contribution is 0.476. The third kappa shape index (κ3) is 3.44. The summed E-state index contributed by atoms with van der Waals surface area (Å²) in [6.07, 6.45) is 0. The SMILES string of the molecule is Oc1c(Cl)cc(NCc2ccc(Cl)cc2F)cc1Cl. The Morgan fingerprint density at radius 1 is 1.05 bits per heavy atom. The monoisotopic (exact) mass is 319 g/mol. The van der Waals surface area contributed by atoms with Crippen LogP contribution >= 0.6 is 34.8 Å². The Kier molecular flexibility index (Phi) is 4.40. The van der Waals surface area contributed by atoms with E-state index in [0.717, 1.165) is 0 Å². The largest absolute Gasteiger partial charge is 0.505 e. The highest BCUT2D eigenvalue weighted by Crippen LogP contribution is 2.34. The van der Waals surface area contributed by atoms with Crippen molar-refractivity contribution >= 4 is 40.5 Å². The van der Waals surface area contributed by atoms with E-state index in [4.69, 9.17) is 34.8 Å². The molecule has 0 saturated carbocycles. The fraction of sp³-hybridized carbons (Fsp3) is 0.0769. The first-order valence-electron chi connectivity index (χ1n) is 5.33. The number of nitrogens with one attached hydrogen (secondary N) is 1. The van der Waals surface area contributed by atoms with Gasteiger partial charge in [0.25, 0.3) is 0 Å². The maximum atomic E-state index is 13.6. The van der Waals surface area contributed by atoms with Crippen molar-refractivity contribution < 1.29 is 9.50 Å². The van der Waals surface area contributed by atoms with Crippen LogP contribution in [-0.2, 0) is 6.54 Å². The standard InChI is InChI=1S/C13H9Cl3FNO/c14-8-2-1-7(12(17)3-8)6-18-9-4-10(15)13(19)11(16)5-9/h1-5,18-19H,6H2. The van der Waals surface area contributed by atoms with Crippen LogP contribution in [0.5, 0.6) is 5.75 Å². The van der Waals surface area contributed by atoms with Crippen molar-refractivity contribution in [2.24, 2.45) is 0 Å². The van der Waals surface area contributed by atoms with E-state index in [1.807, 2.05) is 0 Å². The van der Waals surface area contributed by atoms with Crippen LogP contribution < -0.4 is 5.32 Å². The summed E-state index contributed by atoms with van der Waals surface area (Å²) in [4.78, 5) is 0. The smallest absolute Gasteiger partial charge is 0.152 e. The van der Waals surface area contributed by atoms with E-state index in [9.17, 15) is 9.50 Å². The van der Waals surface area contributed by atoms with Gasteiger partial charge < -0.3 is 10.4 Å². The molecular formula is C13H9Cl3FNO. The lowest BCUT2D eigenvalue weighted by atomic mass is 10.2. The van der Waals surface area contributed by atoms with Crippen molar-refractivity contribution in [3.05, 3.63) is 56.8 Å². The summed E-state index contributed by atoms with van der Waals surface area (Å²) in [5, 5.41) is 13.0. The number of hydrogen-bond acceptors (Lipinski definition) is 2. The highest BCUT2D eigenvalue weighted by Gasteiger charge is 2.07. The average molecular weight is 321 g/mol. The number of phenolic OH excluding ortho intramolecular Hbond substituents is 1. The molecule has 0 bridgehead atoms. The second-order valence-electron chi connectivity index (χ2n) is 3.88. The summed E-state index contributed by atoms with van der Waals surface area (Å²) in [7, 11) is 0. The molecule has 0 aliphatic heterocycles. The van der Waals surface area contributed by atoms with Crippen LogP contribution in [-0.4, -0.2) is 5.11 Å². The van der Waals surface area contributed by atoms with E-state index in [1.54, 1.807) is 12.1 Å². The van der Waals surface area contributed by atoms with Gasteiger partial charge in [-0.15, -0.1) is 0 Å². The number of hydrogen-bond donors (Lipinski definition) is 2. The number of phenols is 1. The molecule has 2 nitrogen and oxygen atoms in total. The van der Waals surface area contributed by atoms with Gasteiger partial charge in [0, 0.05) is 22.8 Å². The first-order chi connectivity index (χ1) is 8.97. The number of benzene rings is 2. The molecule has 0 amide bonds. The van der Waals surface area contributed by atoms with Crippen molar-refractivity contribution in [3.63, 3.8) is 0 Å². The normalized spacial score (nSPS) is 10.5. The van der Waals surface area contributed by atoms with Crippen LogP contribution in [0, 0.1) is 5.82 Å². The Balaban J connectivity index is 2.14. The average Bonchev–Trinajstić information content (AvgIpc) is 2.34.